The van der Waals surface area contributed by atoms with Crippen LogP contribution in [0.5, 0.6) is 0 Å². The fraction of sp³-hybridized carbons (Fsp3) is 0.0526. The van der Waals surface area contributed by atoms with Gasteiger partial charge < -0.3 is 5.32 Å². The highest BCUT2D eigenvalue weighted by molar-refractivity contribution is 5.94. The van der Waals surface area contributed by atoms with Crippen molar-refractivity contribution in [2.75, 3.05) is 0 Å². The molecular weight excluding hydrogens is 300 g/mol. The molecule has 116 valence electrons. The number of carbonyl (C=O) groups is 1. The van der Waals surface area contributed by atoms with Gasteiger partial charge >= 0.3 is 0 Å². The second-order valence-electron chi connectivity index (χ2n) is 5.12. The summed E-state index contributed by atoms with van der Waals surface area (Å²) in [6, 6.07) is 16.1. The number of nitrogens with zero attached hydrogens (tertiary/aromatic N) is 3. The van der Waals surface area contributed by atoms with Crippen LogP contribution in [0.2, 0.25) is 0 Å². The van der Waals surface area contributed by atoms with E-state index in [1.165, 1.54) is 0 Å². The van der Waals surface area contributed by atoms with Crippen LogP contribution in [0.4, 0.5) is 0 Å². The molecule has 5 heteroatoms. The second-order valence-corrected chi connectivity index (χ2v) is 5.12. The van der Waals surface area contributed by atoms with Gasteiger partial charge in [-0.25, -0.2) is 0 Å². The Hall–Kier alpha value is -3.52. The minimum absolute atomic E-state index is 0.191. The highest BCUT2D eigenvalue weighted by atomic mass is 16.1. The molecule has 0 radical (unpaired) electrons. The van der Waals surface area contributed by atoms with E-state index >= 15 is 0 Å². The highest BCUT2D eigenvalue weighted by Crippen LogP contribution is 2.20. The van der Waals surface area contributed by atoms with Gasteiger partial charge in [0.2, 0.25) is 0 Å². The van der Waals surface area contributed by atoms with Crippen LogP contribution in [0.25, 0.3) is 11.3 Å². The molecule has 1 amide bonds. The Morgan fingerprint density at radius 3 is 2.50 bits per heavy atom. The van der Waals surface area contributed by atoms with Crippen molar-refractivity contribution >= 4 is 5.91 Å². The third-order valence-corrected chi connectivity index (χ3v) is 3.56. The first-order valence-electron chi connectivity index (χ1n) is 7.40. The number of rotatable bonds is 4. The minimum Gasteiger partial charge on any atom is -0.348 e. The Morgan fingerprint density at radius 2 is 1.79 bits per heavy atom. The lowest BCUT2D eigenvalue weighted by atomic mass is 10.1. The molecule has 0 aliphatic rings. The Kier molecular flexibility index (Phi) is 4.59. The normalized spacial score (nSPS) is 9.96. The molecule has 0 saturated heterocycles. The molecule has 0 spiro atoms. The molecule has 0 fully saturated rings. The topological polar surface area (TPSA) is 78.7 Å². The molecule has 2 heterocycles. The number of hydrogen-bond donors (Lipinski definition) is 1. The summed E-state index contributed by atoms with van der Waals surface area (Å²) in [5.41, 5.74) is 3.74. The number of aromatic nitrogens is 2. The zero-order valence-electron chi connectivity index (χ0n) is 12.8. The smallest absolute Gasteiger partial charge is 0.251 e. The summed E-state index contributed by atoms with van der Waals surface area (Å²) >= 11 is 0. The standard InChI is InChI=1S/C19H14N4O/c20-12-14-3-5-16(6-4-14)19(24)23-13-17-2-1-9-22-18(17)15-7-10-21-11-8-15/h1-11H,13H2,(H,23,24). The van der Waals surface area contributed by atoms with Gasteiger partial charge in [-0.1, -0.05) is 6.07 Å². The lowest BCUT2D eigenvalue weighted by Crippen LogP contribution is -2.23. The molecule has 0 atom stereocenters. The largest absolute Gasteiger partial charge is 0.348 e. The van der Waals surface area contributed by atoms with E-state index in [2.05, 4.69) is 15.3 Å². The zero-order valence-corrected chi connectivity index (χ0v) is 12.8. The summed E-state index contributed by atoms with van der Waals surface area (Å²) in [7, 11) is 0. The molecule has 3 aromatic rings. The molecule has 0 aliphatic carbocycles. The number of hydrogen-bond acceptors (Lipinski definition) is 4. The molecule has 3 rings (SSSR count). The number of carbonyl (C=O) groups excluding carboxylic acids is 1. The molecule has 2 aromatic heterocycles. The lowest BCUT2D eigenvalue weighted by Gasteiger charge is -2.10. The average Bonchev–Trinajstić information content (AvgIpc) is 2.67. The third kappa shape index (κ3) is 3.45. The van der Waals surface area contributed by atoms with Crippen molar-refractivity contribution in [3.8, 4) is 17.3 Å². The van der Waals surface area contributed by atoms with Gasteiger partial charge in [-0.2, -0.15) is 5.26 Å². The van der Waals surface area contributed by atoms with Crippen LogP contribution in [0, 0.1) is 11.3 Å². The van der Waals surface area contributed by atoms with Crippen LogP contribution in [0.3, 0.4) is 0 Å². The van der Waals surface area contributed by atoms with Gasteiger partial charge in [-0.3, -0.25) is 14.8 Å². The van der Waals surface area contributed by atoms with E-state index in [0.29, 0.717) is 17.7 Å². The SMILES string of the molecule is N#Cc1ccc(C(=O)NCc2cccnc2-c2ccncc2)cc1. The second kappa shape index (κ2) is 7.16. The Labute approximate surface area is 139 Å². The Bertz CT molecular complexity index is 883. The summed E-state index contributed by atoms with van der Waals surface area (Å²) in [4.78, 5) is 20.7. The maximum atomic E-state index is 12.2. The number of benzene rings is 1. The van der Waals surface area contributed by atoms with Gasteiger partial charge in [0.15, 0.2) is 0 Å². The van der Waals surface area contributed by atoms with Crippen LogP contribution >= 0.6 is 0 Å². The van der Waals surface area contributed by atoms with Gasteiger partial charge in [-0.05, 0) is 48.0 Å². The molecule has 0 aliphatic heterocycles. The fourth-order valence-corrected chi connectivity index (χ4v) is 2.32. The Morgan fingerprint density at radius 1 is 1.04 bits per heavy atom. The monoisotopic (exact) mass is 314 g/mol. The molecular formula is C19H14N4O. The van der Waals surface area contributed by atoms with E-state index in [1.54, 1.807) is 42.9 Å². The predicted molar refractivity (Wildman–Crippen MR) is 89.8 cm³/mol. The van der Waals surface area contributed by atoms with Crippen LogP contribution in [-0.4, -0.2) is 15.9 Å². The van der Waals surface area contributed by atoms with E-state index < -0.39 is 0 Å². The summed E-state index contributed by atoms with van der Waals surface area (Å²) in [6.45, 7) is 0.365. The summed E-state index contributed by atoms with van der Waals surface area (Å²) < 4.78 is 0. The van der Waals surface area contributed by atoms with Gasteiger partial charge in [0.25, 0.3) is 5.91 Å². The van der Waals surface area contributed by atoms with E-state index in [1.807, 2.05) is 30.3 Å². The van der Waals surface area contributed by atoms with E-state index in [4.69, 9.17) is 5.26 Å². The maximum Gasteiger partial charge on any atom is 0.251 e. The summed E-state index contributed by atoms with van der Waals surface area (Å²) in [6.07, 6.45) is 5.15. The quantitative estimate of drug-likeness (QED) is 0.803. The minimum atomic E-state index is -0.191. The molecule has 5 nitrogen and oxygen atoms in total. The first-order valence-corrected chi connectivity index (χ1v) is 7.40. The van der Waals surface area contributed by atoms with Gasteiger partial charge in [0.1, 0.15) is 0 Å². The van der Waals surface area contributed by atoms with Crippen molar-refractivity contribution in [2.24, 2.45) is 0 Å². The van der Waals surface area contributed by atoms with Gasteiger partial charge in [0.05, 0.1) is 17.3 Å². The van der Waals surface area contributed by atoms with Crippen molar-refractivity contribution in [1.29, 1.82) is 5.26 Å². The summed E-state index contributed by atoms with van der Waals surface area (Å²) in [5.74, 6) is -0.191. The molecule has 1 N–H and O–H groups in total. The molecule has 1 aromatic carbocycles. The maximum absolute atomic E-state index is 12.2. The first kappa shape index (κ1) is 15.4. The van der Waals surface area contributed by atoms with Crippen molar-refractivity contribution in [1.82, 2.24) is 15.3 Å². The predicted octanol–water partition coefficient (Wildman–Crippen LogP) is 2.95. The Balaban J connectivity index is 1.75. The number of pyridine rings is 2. The lowest BCUT2D eigenvalue weighted by molar-refractivity contribution is 0.0951. The third-order valence-electron chi connectivity index (χ3n) is 3.56. The summed E-state index contributed by atoms with van der Waals surface area (Å²) in [5, 5.41) is 11.7. The van der Waals surface area contributed by atoms with Crippen LogP contribution in [0.1, 0.15) is 21.5 Å². The van der Waals surface area contributed by atoms with E-state index in [9.17, 15) is 4.79 Å². The molecule has 24 heavy (non-hydrogen) atoms. The number of nitrogens with one attached hydrogen (secondary N) is 1. The fourth-order valence-electron chi connectivity index (χ4n) is 2.32. The van der Waals surface area contributed by atoms with E-state index in [-0.39, 0.29) is 5.91 Å². The van der Waals surface area contributed by atoms with Crippen molar-refractivity contribution in [2.45, 2.75) is 6.54 Å². The zero-order chi connectivity index (χ0) is 16.8. The van der Waals surface area contributed by atoms with Crippen molar-refractivity contribution in [3.63, 3.8) is 0 Å². The van der Waals surface area contributed by atoms with Gasteiger partial charge in [0, 0.05) is 36.3 Å². The van der Waals surface area contributed by atoms with Crippen LogP contribution < -0.4 is 5.32 Å². The van der Waals surface area contributed by atoms with Crippen molar-refractivity contribution < 1.29 is 4.79 Å². The molecule has 0 saturated carbocycles. The number of nitriles is 1. The van der Waals surface area contributed by atoms with Crippen molar-refractivity contribution in [3.05, 3.63) is 83.8 Å². The molecule has 0 unspecified atom stereocenters. The van der Waals surface area contributed by atoms with Crippen LogP contribution in [-0.2, 0) is 6.54 Å². The average molecular weight is 314 g/mol. The highest BCUT2D eigenvalue weighted by Gasteiger charge is 2.09. The first-order chi connectivity index (χ1) is 11.8. The number of amides is 1. The van der Waals surface area contributed by atoms with Gasteiger partial charge in [-0.15, -0.1) is 0 Å². The van der Waals surface area contributed by atoms with Crippen LogP contribution in [0.15, 0.2) is 67.1 Å². The molecule has 0 bridgehead atoms. The van der Waals surface area contributed by atoms with E-state index in [0.717, 1.165) is 16.8 Å².